The zero-order valence-corrected chi connectivity index (χ0v) is 18.1. The molecule has 1 fully saturated rings. The molecule has 3 rings (SSSR count). The van der Waals surface area contributed by atoms with Crippen LogP contribution in [0.4, 0.5) is 9.18 Å². The van der Waals surface area contributed by atoms with Gasteiger partial charge in [-0.3, -0.25) is 0 Å². The minimum Gasteiger partial charge on any atom is -0.507 e. The van der Waals surface area contributed by atoms with E-state index >= 15 is 0 Å². The summed E-state index contributed by atoms with van der Waals surface area (Å²) in [5.41, 5.74) is 0.424. The molecule has 2 N–H and O–H groups in total. The van der Waals surface area contributed by atoms with Gasteiger partial charge in [0.15, 0.2) is 0 Å². The van der Waals surface area contributed by atoms with Crippen LogP contribution in [0.5, 0.6) is 5.75 Å². The van der Waals surface area contributed by atoms with Crippen molar-refractivity contribution in [2.24, 2.45) is 0 Å². The summed E-state index contributed by atoms with van der Waals surface area (Å²) in [5.74, 6) is -0.588. The van der Waals surface area contributed by atoms with Gasteiger partial charge in [0.1, 0.15) is 18.2 Å². The van der Waals surface area contributed by atoms with Gasteiger partial charge in [-0.25, -0.2) is 9.18 Å². The summed E-state index contributed by atoms with van der Waals surface area (Å²) in [4.78, 5) is 12.2. The zero-order chi connectivity index (χ0) is 22.6. The van der Waals surface area contributed by atoms with Gasteiger partial charge in [-0.15, -0.1) is 0 Å². The standard InChI is InChI=1S/C23H27BFNO5/c1-22(2)23(3,4)31-24(30-22)18(12-17-13-19(25)10-11-20(17)27)14-26-21(28)29-15-16-8-6-5-7-9-16/h5-13,27H,14-15H2,1-4H3,(H,26,28). The number of benzene rings is 2. The van der Waals surface area contributed by atoms with Gasteiger partial charge in [-0.2, -0.15) is 0 Å². The summed E-state index contributed by atoms with van der Waals surface area (Å²) < 4.78 is 31.1. The van der Waals surface area contributed by atoms with Gasteiger partial charge < -0.3 is 24.5 Å². The molecule has 0 atom stereocenters. The third kappa shape index (κ3) is 5.65. The summed E-state index contributed by atoms with van der Waals surface area (Å²) in [6, 6.07) is 13.0. The van der Waals surface area contributed by atoms with E-state index in [4.69, 9.17) is 14.0 Å². The van der Waals surface area contributed by atoms with Crippen LogP contribution in [-0.4, -0.2) is 36.1 Å². The van der Waals surface area contributed by atoms with Crippen molar-refractivity contribution < 1.29 is 28.3 Å². The maximum absolute atomic E-state index is 13.7. The lowest BCUT2D eigenvalue weighted by Gasteiger charge is -2.32. The molecule has 0 spiro atoms. The lowest BCUT2D eigenvalue weighted by molar-refractivity contribution is 0.00578. The van der Waals surface area contributed by atoms with Crippen molar-refractivity contribution in [1.82, 2.24) is 5.32 Å². The maximum Gasteiger partial charge on any atom is 0.492 e. The molecule has 1 aliphatic heterocycles. The highest BCUT2D eigenvalue weighted by atomic mass is 19.1. The number of hydrogen-bond donors (Lipinski definition) is 2. The van der Waals surface area contributed by atoms with Gasteiger partial charge in [0.25, 0.3) is 0 Å². The predicted molar refractivity (Wildman–Crippen MR) is 117 cm³/mol. The van der Waals surface area contributed by atoms with E-state index in [0.717, 1.165) is 5.56 Å². The van der Waals surface area contributed by atoms with Gasteiger partial charge in [0, 0.05) is 12.1 Å². The molecule has 0 aliphatic carbocycles. The van der Waals surface area contributed by atoms with Crippen LogP contribution in [0, 0.1) is 5.82 Å². The first-order valence-corrected chi connectivity index (χ1v) is 10.1. The largest absolute Gasteiger partial charge is 0.507 e. The molecule has 8 heteroatoms. The smallest absolute Gasteiger partial charge is 0.492 e. The van der Waals surface area contributed by atoms with Crippen molar-refractivity contribution in [3.63, 3.8) is 0 Å². The van der Waals surface area contributed by atoms with Gasteiger partial charge >= 0.3 is 13.2 Å². The van der Waals surface area contributed by atoms with E-state index in [2.05, 4.69) is 5.32 Å². The number of ether oxygens (including phenoxy) is 1. The predicted octanol–water partition coefficient (Wildman–Crippen LogP) is 4.47. The van der Waals surface area contributed by atoms with Crippen LogP contribution in [0.25, 0.3) is 6.08 Å². The van der Waals surface area contributed by atoms with E-state index in [1.54, 1.807) is 6.08 Å². The van der Waals surface area contributed by atoms with Gasteiger partial charge in [-0.1, -0.05) is 36.4 Å². The van der Waals surface area contributed by atoms with Gasteiger partial charge in [-0.05, 0) is 56.9 Å². The van der Waals surface area contributed by atoms with Crippen LogP contribution in [0.3, 0.4) is 0 Å². The third-order valence-electron chi connectivity index (χ3n) is 5.54. The van der Waals surface area contributed by atoms with E-state index in [-0.39, 0.29) is 24.5 Å². The fourth-order valence-electron chi connectivity index (χ4n) is 2.99. The number of phenolic OH excluding ortho intramolecular Hbond substituents is 1. The maximum atomic E-state index is 13.7. The number of nitrogens with one attached hydrogen (secondary N) is 1. The minimum absolute atomic E-state index is 0.0282. The molecular weight excluding hydrogens is 400 g/mol. The molecule has 0 aromatic heterocycles. The Hall–Kier alpha value is -2.84. The molecule has 0 saturated carbocycles. The second kappa shape index (κ2) is 9.12. The quantitative estimate of drug-likeness (QED) is 0.666. The summed E-state index contributed by atoms with van der Waals surface area (Å²) >= 11 is 0. The van der Waals surface area contributed by atoms with E-state index in [1.165, 1.54) is 18.2 Å². The number of aromatic hydroxyl groups is 1. The summed E-state index contributed by atoms with van der Waals surface area (Å²) in [5, 5.41) is 12.8. The monoisotopic (exact) mass is 427 g/mol. The molecule has 1 saturated heterocycles. The lowest BCUT2D eigenvalue weighted by atomic mass is 9.77. The van der Waals surface area contributed by atoms with Crippen molar-refractivity contribution in [2.75, 3.05) is 6.54 Å². The van der Waals surface area contributed by atoms with Crippen molar-refractivity contribution in [1.29, 1.82) is 0 Å². The van der Waals surface area contributed by atoms with Gasteiger partial charge in [0.05, 0.1) is 11.2 Å². The van der Waals surface area contributed by atoms with Gasteiger partial charge in [0.2, 0.25) is 0 Å². The summed E-state index contributed by atoms with van der Waals surface area (Å²) in [7, 11) is -0.790. The number of rotatable bonds is 6. The molecule has 1 amide bonds. The van der Waals surface area contributed by atoms with Crippen LogP contribution < -0.4 is 5.32 Å². The second-order valence-electron chi connectivity index (χ2n) is 8.43. The Labute approximate surface area is 182 Å². The molecule has 2 aromatic rings. The summed E-state index contributed by atoms with van der Waals surface area (Å²) in [6.07, 6.45) is 0.938. The number of hydrogen-bond acceptors (Lipinski definition) is 5. The van der Waals surface area contributed by atoms with Crippen molar-refractivity contribution in [3.8, 4) is 5.75 Å². The lowest BCUT2D eigenvalue weighted by Crippen LogP contribution is -2.41. The van der Waals surface area contributed by atoms with Crippen LogP contribution >= 0.6 is 0 Å². The topological polar surface area (TPSA) is 77.0 Å². The zero-order valence-electron chi connectivity index (χ0n) is 18.1. The normalized spacial score (nSPS) is 17.5. The first kappa shape index (κ1) is 22.8. The highest BCUT2D eigenvalue weighted by Crippen LogP contribution is 2.39. The SMILES string of the molecule is CC1(C)OB(C(=Cc2cc(F)ccc2O)CNC(=O)OCc2ccccc2)OC1(C)C. The fraction of sp³-hybridized carbons (Fsp3) is 0.348. The summed E-state index contributed by atoms with van der Waals surface area (Å²) in [6.45, 7) is 7.79. The fourth-order valence-corrected chi connectivity index (χ4v) is 2.99. The first-order chi connectivity index (χ1) is 14.6. The Morgan fingerprint density at radius 1 is 1.13 bits per heavy atom. The van der Waals surface area contributed by atoms with Crippen LogP contribution in [0.15, 0.2) is 54.0 Å². The Bertz CT molecular complexity index is 946. The number of amides is 1. The Morgan fingerprint density at radius 3 is 2.42 bits per heavy atom. The van der Waals surface area contributed by atoms with Crippen molar-refractivity contribution >= 4 is 19.3 Å². The highest BCUT2D eigenvalue weighted by Gasteiger charge is 2.52. The molecule has 1 heterocycles. The number of carbonyl (C=O) groups is 1. The second-order valence-corrected chi connectivity index (χ2v) is 8.43. The van der Waals surface area contributed by atoms with Crippen molar-refractivity contribution in [2.45, 2.75) is 45.5 Å². The van der Waals surface area contributed by atoms with E-state index in [1.807, 2.05) is 58.0 Å². The van der Waals surface area contributed by atoms with Crippen molar-refractivity contribution in [3.05, 3.63) is 70.9 Å². The number of alkyl carbamates (subject to hydrolysis) is 1. The molecule has 0 radical (unpaired) electrons. The molecule has 6 nitrogen and oxygen atoms in total. The van der Waals surface area contributed by atoms with Crippen LogP contribution in [-0.2, 0) is 20.7 Å². The molecule has 0 unspecified atom stereocenters. The minimum atomic E-state index is -0.790. The number of halogens is 1. The van der Waals surface area contributed by atoms with Crippen LogP contribution in [0.1, 0.15) is 38.8 Å². The average Bonchev–Trinajstić information content (AvgIpc) is 2.94. The molecule has 0 bridgehead atoms. The molecule has 1 aliphatic rings. The molecular formula is C23H27BFNO5. The Kier molecular flexibility index (Phi) is 6.72. The first-order valence-electron chi connectivity index (χ1n) is 10.1. The molecule has 164 valence electrons. The average molecular weight is 427 g/mol. The van der Waals surface area contributed by atoms with E-state index < -0.39 is 30.2 Å². The number of carbonyl (C=O) groups excluding carboxylic acids is 1. The molecule has 31 heavy (non-hydrogen) atoms. The Morgan fingerprint density at radius 2 is 1.77 bits per heavy atom. The van der Waals surface area contributed by atoms with E-state index in [0.29, 0.717) is 5.47 Å². The number of phenols is 1. The Balaban J connectivity index is 1.75. The third-order valence-corrected chi connectivity index (χ3v) is 5.54. The van der Waals surface area contributed by atoms with E-state index in [9.17, 15) is 14.3 Å². The molecule has 2 aromatic carbocycles. The van der Waals surface area contributed by atoms with Crippen LogP contribution in [0.2, 0.25) is 0 Å². The highest BCUT2D eigenvalue weighted by molar-refractivity contribution is 6.56.